The summed E-state index contributed by atoms with van der Waals surface area (Å²) in [6.45, 7) is 2.18. The van der Waals surface area contributed by atoms with Gasteiger partial charge in [-0.15, -0.1) is 0 Å². The Morgan fingerprint density at radius 1 is 1.50 bits per heavy atom. The Labute approximate surface area is 89.1 Å². The minimum absolute atomic E-state index is 0.0750. The molecule has 0 fully saturated rings. The maximum absolute atomic E-state index is 10.9. The van der Waals surface area contributed by atoms with Gasteiger partial charge in [-0.25, -0.2) is 0 Å². The lowest BCUT2D eigenvalue weighted by molar-refractivity contribution is -0.109. The fourth-order valence-corrected chi connectivity index (χ4v) is 2.46. The molecular formula is C12H13ClO. The lowest BCUT2D eigenvalue weighted by atomic mass is 9.78. The van der Waals surface area contributed by atoms with E-state index in [0.29, 0.717) is 5.92 Å². The first-order valence-electron chi connectivity index (χ1n) is 4.94. The summed E-state index contributed by atoms with van der Waals surface area (Å²) >= 11 is 5.93. The minimum Gasteiger partial charge on any atom is -0.303 e. The number of aldehydes is 1. The highest BCUT2D eigenvalue weighted by Gasteiger charge is 2.23. The third kappa shape index (κ3) is 1.69. The van der Waals surface area contributed by atoms with Gasteiger partial charge in [-0.1, -0.05) is 24.6 Å². The molecule has 0 saturated carbocycles. The highest BCUT2D eigenvalue weighted by molar-refractivity contribution is 6.30. The van der Waals surface area contributed by atoms with E-state index >= 15 is 0 Å². The van der Waals surface area contributed by atoms with Crippen LogP contribution in [0.5, 0.6) is 0 Å². The third-order valence-electron chi connectivity index (χ3n) is 2.89. The van der Waals surface area contributed by atoms with Gasteiger partial charge in [0.1, 0.15) is 6.29 Å². The Morgan fingerprint density at radius 3 is 3.00 bits per heavy atom. The first-order chi connectivity index (χ1) is 6.70. The molecule has 1 aromatic carbocycles. The molecule has 1 aliphatic carbocycles. The van der Waals surface area contributed by atoms with E-state index in [1.54, 1.807) is 0 Å². The van der Waals surface area contributed by atoms with Crippen LogP contribution in [0.25, 0.3) is 0 Å². The number of fused-ring (bicyclic) bond motifs is 1. The maximum Gasteiger partial charge on any atom is 0.127 e. The molecule has 1 aliphatic rings. The van der Waals surface area contributed by atoms with Crippen LogP contribution in [-0.2, 0) is 11.2 Å². The zero-order valence-electron chi connectivity index (χ0n) is 8.16. The van der Waals surface area contributed by atoms with E-state index in [-0.39, 0.29) is 5.92 Å². The number of hydrogen-bond acceptors (Lipinski definition) is 1. The molecular weight excluding hydrogens is 196 g/mol. The molecule has 0 heterocycles. The van der Waals surface area contributed by atoms with Crippen molar-refractivity contribution in [1.82, 2.24) is 0 Å². The lowest BCUT2D eigenvalue weighted by Crippen LogP contribution is -2.17. The Morgan fingerprint density at radius 2 is 2.29 bits per heavy atom. The summed E-state index contributed by atoms with van der Waals surface area (Å²) in [7, 11) is 0. The van der Waals surface area contributed by atoms with Crippen molar-refractivity contribution in [3.63, 3.8) is 0 Å². The Kier molecular flexibility index (Phi) is 2.60. The van der Waals surface area contributed by atoms with Gasteiger partial charge in [0, 0.05) is 10.9 Å². The van der Waals surface area contributed by atoms with Gasteiger partial charge < -0.3 is 4.79 Å². The summed E-state index contributed by atoms with van der Waals surface area (Å²) < 4.78 is 0. The Hall–Kier alpha value is -0.820. The quantitative estimate of drug-likeness (QED) is 0.648. The largest absolute Gasteiger partial charge is 0.303 e. The zero-order valence-corrected chi connectivity index (χ0v) is 8.92. The van der Waals surface area contributed by atoms with Crippen LogP contribution in [0.1, 0.15) is 30.4 Å². The topological polar surface area (TPSA) is 17.1 Å². The Balaban J connectivity index is 2.45. The van der Waals surface area contributed by atoms with Gasteiger partial charge >= 0.3 is 0 Å². The van der Waals surface area contributed by atoms with Gasteiger partial charge in [-0.2, -0.15) is 0 Å². The summed E-state index contributed by atoms with van der Waals surface area (Å²) in [6, 6.07) is 5.85. The first-order valence-corrected chi connectivity index (χ1v) is 5.32. The summed E-state index contributed by atoms with van der Waals surface area (Å²) in [6.07, 6.45) is 3.07. The van der Waals surface area contributed by atoms with Crippen LogP contribution in [0.2, 0.25) is 5.02 Å². The Bertz CT molecular complexity index is 359. The predicted molar refractivity (Wildman–Crippen MR) is 57.7 cm³/mol. The second-order valence-corrected chi connectivity index (χ2v) is 4.57. The molecule has 2 heteroatoms. The van der Waals surface area contributed by atoms with E-state index in [9.17, 15) is 4.79 Å². The smallest absolute Gasteiger partial charge is 0.127 e. The summed E-state index contributed by atoms with van der Waals surface area (Å²) in [5.74, 6) is 0.655. The van der Waals surface area contributed by atoms with Crippen LogP contribution < -0.4 is 0 Å². The highest BCUT2D eigenvalue weighted by Crippen LogP contribution is 2.34. The molecule has 0 spiro atoms. The van der Waals surface area contributed by atoms with Crippen molar-refractivity contribution < 1.29 is 4.79 Å². The van der Waals surface area contributed by atoms with Crippen molar-refractivity contribution in [2.45, 2.75) is 25.7 Å². The van der Waals surface area contributed by atoms with Gasteiger partial charge in [-0.3, -0.25) is 0 Å². The van der Waals surface area contributed by atoms with Gasteiger partial charge in [0.2, 0.25) is 0 Å². The molecule has 0 aromatic heterocycles. The van der Waals surface area contributed by atoms with E-state index in [1.165, 1.54) is 11.1 Å². The minimum atomic E-state index is 0.0750. The average molecular weight is 209 g/mol. The van der Waals surface area contributed by atoms with Gasteiger partial charge in [0.15, 0.2) is 0 Å². The van der Waals surface area contributed by atoms with Crippen LogP contribution in [0.4, 0.5) is 0 Å². The second-order valence-electron chi connectivity index (χ2n) is 4.13. The molecule has 0 bridgehead atoms. The van der Waals surface area contributed by atoms with Gasteiger partial charge in [0.25, 0.3) is 0 Å². The highest BCUT2D eigenvalue weighted by atomic mass is 35.5. The molecule has 2 atom stereocenters. The van der Waals surface area contributed by atoms with E-state index in [1.807, 2.05) is 18.2 Å². The lowest BCUT2D eigenvalue weighted by Gasteiger charge is -2.26. The number of rotatable bonds is 1. The molecule has 0 N–H and O–H groups in total. The third-order valence-corrected chi connectivity index (χ3v) is 3.13. The van der Waals surface area contributed by atoms with Crippen molar-refractivity contribution in [1.29, 1.82) is 0 Å². The fraction of sp³-hybridized carbons (Fsp3) is 0.417. The number of carbonyl (C=O) groups excluding carboxylic acids is 1. The summed E-state index contributed by atoms with van der Waals surface area (Å²) in [5, 5.41) is 0.766. The van der Waals surface area contributed by atoms with E-state index in [4.69, 9.17) is 11.6 Å². The standard InChI is InChI=1S/C12H13ClO/c1-8-4-9-6-11(13)2-3-12(9)10(5-8)7-14/h2-3,6-8,10H,4-5H2,1H3. The van der Waals surface area contributed by atoms with Crippen molar-refractivity contribution in [3.05, 3.63) is 34.3 Å². The number of carbonyl (C=O) groups is 1. The predicted octanol–water partition coefficient (Wildman–Crippen LogP) is 3.20. The second kappa shape index (κ2) is 3.74. The molecule has 2 unspecified atom stereocenters. The molecule has 0 saturated heterocycles. The zero-order chi connectivity index (χ0) is 10.1. The maximum atomic E-state index is 10.9. The molecule has 14 heavy (non-hydrogen) atoms. The molecule has 74 valence electrons. The van der Waals surface area contributed by atoms with Crippen LogP contribution in [0.3, 0.4) is 0 Å². The molecule has 1 nitrogen and oxygen atoms in total. The van der Waals surface area contributed by atoms with E-state index in [0.717, 1.165) is 24.2 Å². The average Bonchev–Trinajstić information content (AvgIpc) is 2.15. The molecule has 2 rings (SSSR count). The summed E-state index contributed by atoms with van der Waals surface area (Å²) in [4.78, 5) is 10.9. The van der Waals surface area contributed by atoms with E-state index in [2.05, 4.69) is 6.92 Å². The number of benzene rings is 1. The number of halogens is 1. The van der Waals surface area contributed by atoms with Crippen LogP contribution in [0, 0.1) is 5.92 Å². The molecule has 0 amide bonds. The van der Waals surface area contributed by atoms with Crippen LogP contribution in [0.15, 0.2) is 18.2 Å². The van der Waals surface area contributed by atoms with E-state index < -0.39 is 0 Å². The van der Waals surface area contributed by atoms with Gasteiger partial charge in [-0.05, 0) is 42.0 Å². The molecule has 0 radical (unpaired) electrons. The van der Waals surface area contributed by atoms with Crippen molar-refractivity contribution in [3.8, 4) is 0 Å². The van der Waals surface area contributed by atoms with Crippen molar-refractivity contribution in [2.24, 2.45) is 5.92 Å². The van der Waals surface area contributed by atoms with Crippen LogP contribution >= 0.6 is 11.6 Å². The summed E-state index contributed by atoms with van der Waals surface area (Å²) in [5.41, 5.74) is 2.41. The van der Waals surface area contributed by atoms with Crippen LogP contribution in [-0.4, -0.2) is 6.29 Å². The molecule has 0 aliphatic heterocycles. The molecule has 1 aromatic rings. The first kappa shape index (κ1) is 9.72. The SMILES string of the molecule is CC1Cc2cc(Cl)ccc2C(C=O)C1. The van der Waals surface area contributed by atoms with Crippen molar-refractivity contribution in [2.75, 3.05) is 0 Å². The monoisotopic (exact) mass is 208 g/mol. The number of hydrogen-bond donors (Lipinski definition) is 0. The van der Waals surface area contributed by atoms with Gasteiger partial charge in [0.05, 0.1) is 0 Å². The fourth-order valence-electron chi connectivity index (χ4n) is 2.26. The van der Waals surface area contributed by atoms with Crippen molar-refractivity contribution >= 4 is 17.9 Å². The normalized spacial score (nSPS) is 25.6.